The van der Waals surface area contributed by atoms with Crippen molar-refractivity contribution in [3.05, 3.63) is 59.7 Å². The fraction of sp³-hybridized carbons (Fsp3) is 0.391. The van der Waals surface area contributed by atoms with Gasteiger partial charge in [0, 0.05) is 30.3 Å². The molecule has 3 rings (SSSR count). The Labute approximate surface area is 166 Å². The molecule has 2 N–H and O–H groups in total. The summed E-state index contributed by atoms with van der Waals surface area (Å²) in [5.41, 5.74) is 3.69. The number of hydrogen-bond acceptors (Lipinski definition) is 3. The lowest BCUT2D eigenvalue weighted by Crippen LogP contribution is -2.15. The Morgan fingerprint density at radius 1 is 1.04 bits per heavy atom. The molecule has 2 aromatic rings. The van der Waals surface area contributed by atoms with E-state index in [4.69, 9.17) is 4.74 Å². The van der Waals surface area contributed by atoms with E-state index >= 15 is 0 Å². The van der Waals surface area contributed by atoms with Gasteiger partial charge in [0.2, 0.25) is 11.8 Å². The first-order valence-electron chi connectivity index (χ1n) is 9.95. The van der Waals surface area contributed by atoms with Crippen LogP contribution in [0.1, 0.15) is 36.8 Å². The first-order chi connectivity index (χ1) is 13.6. The quantitative estimate of drug-likeness (QED) is 0.603. The van der Waals surface area contributed by atoms with Crippen molar-refractivity contribution in [3.63, 3.8) is 0 Å². The van der Waals surface area contributed by atoms with Gasteiger partial charge in [-0.3, -0.25) is 9.59 Å². The maximum absolute atomic E-state index is 12.2. The highest BCUT2D eigenvalue weighted by Gasteiger charge is 2.29. The smallest absolute Gasteiger partial charge is 0.227 e. The second kappa shape index (κ2) is 10.0. The maximum Gasteiger partial charge on any atom is 0.227 e. The Hall–Kier alpha value is -2.66. The fourth-order valence-electron chi connectivity index (χ4n) is 2.91. The van der Waals surface area contributed by atoms with Gasteiger partial charge in [-0.15, -0.1) is 0 Å². The van der Waals surface area contributed by atoms with Crippen molar-refractivity contribution < 1.29 is 14.3 Å². The Balaban J connectivity index is 1.36. The molecule has 1 fully saturated rings. The van der Waals surface area contributed by atoms with Gasteiger partial charge in [0.25, 0.3) is 0 Å². The lowest BCUT2D eigenvalue weighted by atomic mass is 10.1. The Bertz CT molecular complexity index is 801. The van der Waals surface area contributed by atoms with Gasteiger partial charge in [-0.25, -0.2) is 0 Å². The van der Waals surface area contributed by atoms with Crippen molar-refractivity contribution >= 4 is 23.2 Å². The van der Waals surface area contributed by atoms with E-state index in [1.807, 2.05) is 43.3 Å². The SMILES string of the molecule is Cc1ccc(NC(=O)C2CC2)cc1NC(=O)CCCOCCc1ccccc1. The summed E-state index contributed by atoms with van der Waals surface area (Å²) in [5, 5.41) is 5.85. The van der Waals surface area contributed by atoms with Crippen LogP contribution in [0.25, 0.3) is 0 Å². The number of anilines is 2. The van der Waals surface area contributed by atoms with E-state index in [1.54, 1.807) is 0 Å². The monoisotopic (exact) mass is 380 g/mol. The first kappa shape index (κ1) is 20.1. The number of rotatable bonds is 10. The zero-order valence-electron chi connectivity index (χ0n) is 16.4. The predicted molar refractivity (Wildman–Crippen MR) is 111 cm³/mol. The summed E-state index contributed by atoms with van der Waals surface area (Å²) in [7, 11) is 0. The summed E-state index contributed by atoms with van der Waals surface area (Å²) in [5.74, 6) is 0.176. The molecular formula is C23H28N2O3. The van der Waals surface area contributed by atoms with Gasteiger partial charge in [0.15, 0.2) is 0 Å². The Morgan fingerprint density at radius 3 is 2.57 bits per heavy atom. The van der Waals surface area contributed by atoms with Crippen LogP contribution in [0.4, 0.5) is 11.4 Å². The number of carbonyl (C=O) groups excluding carboxylic acids is 2. The predicted octanol–water partition coefficient (Wildman–Crippen LogP) is 4.32. The van der Waals surface area contributed by atoms with E-state index in [9.17, 15) is 9.59 Å². The molecule has 0 saturated heterocycles. The summed E-state index contributed by atoms with van der Waals surface area (Å²) >= 11 is 0. The van der Waals surface area contributed by atoms with Gasteiger partial charge in [-0.1, -0.05) is 36.4 Å². The van der Waals surface area contributed by atoms with Crippen molar-refractivity contribution in [3.8, 4) is 0 Å². The molecule has 0 unspecified atom stereocenters. The van der Waals surface area contributed by atoms with Crippen LogP contribution in [0, 0.1) is 12.8 Å². The molecule has 5 heteroatoms. The highest BCUT2D eigenvalue weighted by molar-refractivity contribution is 5.96. The van der Waals surface area contributed by atoms with Crippen LogP contribution in [-0.4, -0.2) is 25.0 Å². The van der Waals surface area contributed by atoms with Gasteiger partial charge in [0.05, 0.1) is 6.61 Å². The van der Waals surface area contributed by atoms with E-state index in [0.717, 1.165) is 36.2 Å². The van der Waals surface area contributed by atoms with Gasteiger partial charge < -0.3 is 15.4 Å². The number of hydrogen-bond donors (Lipinski definition) is 2. The molecule has 0 heterocycles. The maximum atomic E-state index is 12.2. The molecule has 1 saturated carbocycles. The second-order valence-corrected chi connectivity index (χ2v) is 7.29. The van der Waals surface area contributed by atoms with E-state index in [1.165, 1.54) is 5.56 Å². The molecule has 0 radical (unpaired) electrons. The van der Waals surface area contributed by atoms with E-state index in [-0.39, 0.29) is 17.7 Å². The lowest BCUT2D eigenvalue weighted by Gasteiger charge is -2.12. The highest BCUT2D eigenvalue weighted by Crippen LogP contribution is 2.30. The second-order valence-electron chi connectivity index (χ2n) is 7.29. The standard InChI is InChI=1S/C23H28N2O3/c1-17-9-12-20(24-23(27)19-10-11-19)16-21(17)25-22(26)8-5-14-28-15-13-18-6-3-2-4-7-18/h2-4,6-7,9,12,16,19H,5,8,10-11,13-15H2,1H3,(H,24,27)(H,25,26). The number of nitrogens with one attached hydrogen (secondary N) is 2. The lowest BCUT2D eigenvalue weighted by molar-refractivity contribution is -0.117. The average molecular weight is 380 g/mol. The van der Waals surface area contributed by atoms with E-state index in [2.05, 4.69) is 22.8 Å². The van der Waals surface area contributed by atoms with Crippen LogP contribution in [0.2, 0.25) is 0 Å². The molecule has 1 aliphatic rings. The van der Waals surface area contributed by atoms with Gasteiger partial charge in [0.1, 0.15) is 0 Å². The Morgan fingerprint density at radius 2 is 1.82 bits per heavy atom. The fourth-order valence-corrected chi connectivity index (χ4v) is 2.91. The van der Waals surface area contributed by atoms with Crippen molar-refractivity contribution in [2.75, 3.05) is 23.8 Å². The molecule has 1 aliphatic carbocycles. The number of carbonyl (C=O) groups is 2. The third-order valence-corrected chi connectivity index (χ3v) is 4.80. The Kier molecular flexibility index (Phi) is 7.20. The van der Waals surface area contributed by atoms with Crippen molar-refractivity contribution in [2.45, 2.75) is 39.0 Å². The summed E-state index contributed by atoms with van der Waals surface area (Å²) in [4.78, 5) is 24.1. The largest absolute Gasteiger partial charge is 0.381 e. The topological polar surface area (TPSA) is 67.4 Å². The van der Waals surface area contributed by atoms with Crippen molar-refractivity contribution in [2.24, 2.45) is 5.92 Å². The van der Waals surface area contributed by atoms with Crippen LogP contribution in [0.15, 0.2) is 48.5 Å². The zero-order valence-corrected chi connectivity index (χ0v) is 16.4. The minimum absolute atomic E-state index is 0.0413. The van der Waals surface area contributed by atoms with Crippen molar-refractivity contribution in [1.82, 2.24) is 0 Å². The molecule has 5 nitrogen and oxygen atoms in total. The molecule has 2 amide bonds. The normalized spacial score (nSPS) is 13.2. The molecule has 0 aromatic heterocycles. The van der Waals surface area contributed by atoms with E-state index in [0.29, 0.717) is 26.1 Å². The molecule has 148 valence electrons. The average Bonchev–Trinajstić information content (AvgIpc) is 3.53. The van der Waals surface area contributed by atoms with Crippen molar-refractivity contribution in [1.29, 1.82) is 0 Å². The zero-order chi connectivity index (χ0) is 19.8. The molecule has 0 bridgehead atoms. The first-order valence-corrected chi connectivity index (χ1v) is 9.95. The summed E-state index contributed by atoms with van der Waals surface area (Å²) < 4.78 is 5.63. The molecular weight excluding hydrogens is 352 g/mol. The summed E-state index contributed by atoms with van der Waals surface area (Å²) in [6, 6.07) is 15.8. The van der Waals surface area contributed by atoms with Crippen LogP contribution in [-0.2, 0) is 20.7 Å². The van der Waals surface area contributed by atoms with Gasteiger partial charge in [-0.2, -0.15) is 0 Å². The van der Waals surface area contributed by atoms with Gasteiger partial charge >= 0.3 is 0 Å². The third kappa shape index (κ3) is 6.50. The third-order valence-electron chi connectivity index (χ3n) is 4.80. The van der Waals surface area contributed by atoms with Crippen LogP contribution in [0.3, 0.4) is 0 Å². The molecule has 0 atom stereocenters. The van der Waals surface area contributed by atoms with E-state index < -0.39 is 0 Å². The number of amides is 2. The number of benzene rings is 2. The minimum atomic E-state index is -0.0413. The number of ether oxygens (including phenoxy) is 1. The van der Waals surface area contributed by atoms with Crippen LogP contribution in [0.5, 0.6) is 0 Å². The van der Waals surface area contributed by atoms with Crippen LogP contribution >= 0.6 is 0 Å². The number of aryl methyl sites for hydroxylation is 1. The minimum Gasteiger partial charge on any atom is -0.381 e. The van der Waals surface area contributed by atoms with Crippen LogP contribution < -0.4 is 10.6 Å². The molecule has 2 aromatic carbocycles. The highest BCUT2D eigenvalue weighted by atomic mass is 16.5. The molecule has 0 spiro atoms. The van der Waals surface area contributed by atoms with Gasteiger partial charge in [-0.05, 0) is 55.9 Å². The summed E-state index contributed by atoms with van der Waals surface area (Å²) in [6.45, 7) is 3.17. The molecule has 28 heavy (non-hydrogen) atoms. The molecule has 0 aliphatic heterocycles. The summed E-state index contributed by atoms with van der Waals surface area (Å²) in [6.07, 6.45) is 3.90.